The third-order valence-corrected chi connectivity index (χ3v) is 5.09. The second-order valence-corrected chi connectivity index (χ2v) is 6.91. The minimum atomic E-state index is -1.14. The quantitative estimate of drug-likeness (QED) is 0.418. The van der Waals surface area contributed by atoms with E-state index < -0.39 is 24.5 Å². The van der Waals surface area contributed by atoms with E-state index in [-0.39, 0.29) is 30.6 Å². The Morgan fingerprint density at radius 3 is 2.89 bits per heavy atom. The van der Waals surface area contributed by atoms with Gasteiger partial charge in [-0.25, -0.2) is 15.0 Å². The molecule has 27 heavy (non-hydrogen) atoms. The number of aliphatic hydroxyl groups is 2. The van der Waals surface area contributed by atoms with Crippen molar-refractivity contribution >= 4 is 47.1 Å². The number of hydrogen-bond acceptors (Lipinski definition) is 10. The number of nitrogens with zero attached hydrogens (tertiary/aromatic N) is 4. The van der Waals surface area contributed by atoms with Crippen LogP contribution in [0.4, 0.5) is 5.82 Å². The van der Waals surface area contributed by atoms with Crippen molar-refractivity contribution in [3.63, 3.8) is 0 Å². The molecule has 0 radical (unpaired) electrons. The predicted molar refractivity (Wildman–Crippen MR) is 101 cm³/mol. The smallest absolute Gasteiger partial charge is 0.306 e. The number of thioether (sulfide) groups is 1. The molecule has 2 aromatic rings. The fourth-order valence-corrected chi connectivity index (χ4v) is 3.73. The molecule has 1 saturated heterocycles. The number of imidazole rings is 1. The van der Waals surface area contributed by atoms with Crippen molar-refractivity contribution in [2.75, 3.05) is 23.8 Å². The SMILES string of the molecule is CCOC(=O)CCSC[C@H]1O[C@@H](n2cnc3c(N)ncnc32)[C@H](O)[C@@H]1O.Cl. The molecular formula is C15H22ClN5O5S. The Labute approximate surface area is 165 Å². The van der Waals surface area contributed by atoms with Crippen LogP contribution in [0.3, 0.4) is 0 Å². The van der Waals surface area contributed by atoms with Gasteiger partial charge in [0.05, 0.1) is 25.5 Å². The van der Waals surface area contributed by atoms with Gasteiger partial charge in [0.25, 0.3) is 0 Å². The number of fused-ring (bicyclic) bond motifs is 1. The molecule has 0 saturated carbocycles. The maximum atomic E-state index is 11.3. The molecule has 0 amide bonds. The fraction of sp³-hybridized carbons (Fsp3) is 0.600. The molecule has 1 fully saturated rings. The average Bonchev–Trinajstić information content (AvgIpc) is 3.16. The number of halogens is 1. The zero-order chi connectivity index (χ0) is 18.7. The molecule has 10 nitrogen and oxygen atoms in total. The summed E-state index contributed by atoms with van der Waals surface area (Å²) in [6, 6.07) is 0. The summed E-state index contributed by atoms with van der Waals surface area (Å²) in [5.41, 5.74) is 6.59. The van der Waals surface area contributed by atoms with Gasteiger partial charge in [-0.05, 0) is 6.92 Å². The number of hydrogen-bond donors (Lipinski definition) is 3. The topological polar surface area (TPSA) is 146 Å². The van der Waals surface area contributed by atoms with Gasteiger partial charge in [0.15, 0.2) is 17.7 Å². The Kier molecular flexibility index (Phi) is 7.62. The summed E-state index contributed by atoms with van der Waals surface area (Å²) in [7, 11) is 0. The van der Waals surface area contributed by atoms with Gasteiger partial charge < -0.3 is 25.4 Å². The highest BCUT2D eigenvalue weighted by Crippen LogP contribution is 2.33. The number of nitrogens with two attached hydrogens (primary N) is 1. The van der Waals surface area contributed by atoms with Gasteiger partial charge in [-0.15, -0.1) is 12.4 Å². The lowest BCUT2D eigenvalue weighted by molar-refractivity contribution is -0.142. The Balaban J connectivity index is 0.00000261. The molecule has 0 aromatic carbocycles. The molecule has 0 spiro atoms. The summed E-state index contributed by atoms with van der Waals surface area (Å²) in [6.07, 6.45) is -0.580. The van der Waals surface area contributed by atoms with Crippen LogP contribution in [0, 0.1) is 0 Å². The Bertz CT molecular complexity index is 778. The number of anilines is 1. The minimum absolute atomic E-state index is 0. The first-order valence-corrected chi connectivity index (χ1v) is 9.36. The first-order chi connectivity index (χ1) is 12.5. The zero-order valence-electron chi connectivity index (χ0n) is 14.6. The van der Waals surface area contributed by atoms with Crippen LogP contribution in [0.1, 0.15) is 19.6 Å². The van der Waals surface area contributed by atoms with Crippen molar-refractivity contribution in [2.45, 2.75) is 37.9 Å². The minimum Gasteiger partial charge on any atom is -0.466 e. The predicted octanol–water partition coefficient (Wildman–Crippen LogP) is 0.136. The van der Waals surface area contributed by atoms with Gasteiger partial charge in [-0.1, -0.05) is 0 Å². The van der Waals surface area contributed by atoms with Crippen LogP contribution in [-0.4, -0.2) is 72.1 Å². The number of aromatic nitrogens is 4. The van der Waals surface area contributed by atoms with Gasteiger partial charge in [-0.3, -0.25) is 9.36 Å². The summed E-state index contributed by atoms with van der Waals surface area (Å²) in [5, 5.41) is 20.6. The van der Waals surface area contributed by atoms with Crippen LogP contribution >= 0.6 is 24.2 Å². The van der Waals surface area contributed by atoms with E-state index in [1.807, 2.05) is 0 Å². The number of ether oxygens (including phenoxy) is 2. The zero-order valence-corrected chi connectivity index (χ0v) is 16.2. The summed E-state index contributed by atoms with van der Waals surface area (Å²) < 4.78 is 12.2. The molecule has 0 unspecified atom stereocenters. The third kappa shape index (κ3) is 4.61. The van der Waals surface area contributed by atoms with E-state index in [1.54, 1.807) is 6.92 Å². The van der Waals surface area contributed by atoms with Crippen molar-refractivity contribution in [1.82, 2.24) is 19.5 Å². The number of nitrogen functional groups attached to an aromatic ring is 1. The molecule has 0 bridgehead atoms. The molecule has 4 N–H and O–H groups in total. The maximum absolute atomic E-state index is 11.3. The number of aliphatic hydroxyl groups excluding tert-OH is 2. The second-order valence-electron chi connectivity index (χ2n) is 5.76. The van der Waals surface area contributed by atoms with Crippen molar-refractivity contribution < 1.29 is 24.5 Å². The van der Waals surface area contributed by atoms with E-state index in [1.165, 1.54) is 29.0 Å². The van der Waals surface area contributed by atoms with E-state index in [0.717, 1.165) is 0 Å². The molecule has 1 aliphatic heterocycles. The summed E-state index contributed by atoms with van der Waals surface area (Å²) in [5.74, 6) is 0.947. The molecular weight excluding hydrogens is 398 g/mol. The highest BCUT2D eigenvalue weighted by atomic mass is 35.5. The van der Waals surface area contributed by atoms with Gasteiger partial charge in [-0.2, -0.15) is 11.8 Å². The lowest BCUT2D eigenvalue weighted by atomic mass is 10.1. The number of carbonyl (C=O) groups is 1. The van der Waals surface area contributed by atoms with E-state index in [2.05, 4.69) is 15.0 Å². The maximum Gasteiger partial charge on any atom is 0.306 e. The lowest BCUT2D eigenvalue weighted by Crippen LogP contribution is -2.32. The largest absolute Gasteiger partial charge is 0.466 e. The van der Waals surface area contributed by atoms with Gasteiger partial charge >= 0.3 is 5.97 Å². The fourth-order valence-electron chi connectivity index (χ4n) is 2.74. The highest BCUT2D eigenvalue weighted by molar-refractivity contribution is 7.99. The normalized spacial score (nSPS) is 24.7. The van der Waals surface area contributed by atoms with Crippen LogP contribution in [-0.2, 0) is 14.3 Å². The third-order valence-electron chi connectivity index (χ3n) is 4.04. The van der Waals surface area contributed by atoms with Gasteiger partial charge in [0.2, 0.25) is 0 Å². The molecule has 2 aromatic heterocycles. The number of carbonyl (C=O) groups excluding carboxylic acids is 1. The van der Waals surface area contributed by atoms with Crippen molar-refractivity contribution in [3.05, 3.63) is 12.7 Å². The number of rotatable bonds is 7. The van der Waals surface area contributed by atoms with Crippen LogP contribution in [0.15, 0.2) is 12.7 Å². The monoisotopic (exact) mass is 419 g/mol. The van der Waals surface area contributed by atoms with Gasteiger partial charge in [0, 0.05) is 11.5 Å². The second kappa shape index (κ2) is 9.51. The van der Waals surface area contributed by atoms with Crippen molar-refractivity contribution in [1.29, 1.82) is 0 Å². The van der Waals surface area contributed by atoms with E-state index in [4.69, 9.17) is 15.2 Å². The van der Waals surface area contributed by atoms with E-state index in [9.17, 15) is 15.0 Å². The first-order valence-electron chi connectivity index (χ1n) is 8.21. The molecule has 12 heteroatoms. The van der Waals surface area contributed by atoms with Gasteiger partial charge in [0.1, 0.15) is 24.1 Å². The lowest BCUT2D eigenvalue weighted by Gasteiger charge is -2.16. The number of esters is 1. The Hall–Kier alpha value is -1.66. The standard InChI is InChI=1S/C15H21N5O5S.ClH/c1-2-24-9(21)3-4-26-5-8-11(22)12(23)15(25-8)20-7-19-10-13(16)17-6-18-14(10)20;/h6-8,11-12,15,22-23H,2-5H2,1H3,(H2,16,17,18);1H/t8-,11-,12-,15-;/m1./s1. The molecule has 1 aliphatic rings. The first kappa shape index (κ1) is 21.6. The molecule has 150 valence electrons. The molecule has 3 rings (SSSR count). The molecule has 0 aliphatic carbocycles. The van der Waals surface area contributed by atoms with Crippen LogP contribution in [0.25, 0.3) is 11.2 Å². The summed E-state index contributed by atoms with van der Waals surface area (Å²) >= 11 is 1.45. The van der Waals surface area contributed by atoms with Crippen LogP contribution in [0.2, 0.25) is 0 Å². The summed E-state index contributed by atoms with van der Waals surface area (Å²) in [6.45, 7) is 2.11. The summed E-state index contributed by atoms with van der Waals surface area (Å²) in [4.78, 5) is 23.5. The molecule has 4 atom stereocenters. The Morgan fingerprint density at radius 1 is 1.37 bits per heavy atom. The molecule has 3 heterocycles. The van der Waals surface area contributed by atoms with Crippen LogP contribution < -0.4 is 5.73 Å². The Morgan fingerprint density at radius 2 is 2.15 bits per heavy atom. The van der Waals surface area contributed by atoms with E-state index in [0.29, 0.717) is 29.3 Å². The van der Waals surface area contributed by atoms with E-state index >= 15 is 0 Å². The highest BCUT2D eigenvalue weighted by Gasteiger charge is 2.44. The van der Waals surface area contributed by atoms with Crippen molar-refractivity contribution in [3.8, 4) is 0 Å². The average molecular weight is 420 g/mol. The van der Waals surface area contributed by atoms with Crippen LogP contribution in [0.5, 0.6) is 0 Å². The van der Waals surface area contributed by atoms with Crippen molar-refractivity contribution in [2.24, 2.45) is 0 Å².